The van der Waals surface area contributed by atoms with Gasteiger partial charge in [0.25, 0.3) is 0 Å². The van der Waals surface area contributed by atoms with E-state index in [-0.39, 0.29) is 5.92 Å². The number of nitrogen functional groups attached to an aromatic ring is 1. The molecule has 0 atom stereocenters. The van der Waals surface area contributed by atoms with E-state index in [1.54, 1.807) is 24.3 Å². The molecule has 142 valence electrons. The van der Waals surface area contributed by atoms with E-state index in [0.717, 1.165) is 0 Å². The predicted octanol–water partition coefficient (Wildman–Crippen LogP) is 1.89. The molecule has 27 heavy (non-hydrogen) atoms. The zero-order valence-electron chi connectivity index (χ0n) is 14.9. The molecule has 1 saturated heterocycles. The number of rotatable bonds is 5. The molecule has 0 spiro atoms. The van der Waals surface area contributed by atoms with Crippen molar-refractivity contribution >= 4 is 34.9 Å². The molecule has 0 amide bonds. The second-order valence-corrected chi connectivity index (χ2v) is 6.25. The fraction of sp³-hybridized carbons (Fsp3) is 0.333. The van der Waals surface area contributed by atoms with Gasteiger partial charge in [-0.1, -0.05) is 0 Å². The summed E-state index contributed by atoms with van der Waals surface area (Å²) in [5.41, 5.74) is 7.79. The third-order valence-electron chi connectivity index (χ3n) is 4.58. The van der Waals surface area contributed by atoms with Crippen LogP contribution in [-0.4, -0.2) is 47.2 Å². The zero-order valence-corrected chi connectivity index (χ0v) is 14.9. The van der Waals surface area contributed by atoms with Crippen molar-refractivity contribution in [3.63, 3.8) is 0 Å². The highest BCUT2D eigenvalue weighted by atomic mass is 16.5. The van der Waals surface area contributed by atoms with Crippen molar-refractivity contribution in [3.8, 4) is 0 Å². The lowest BCUT2D eigenvalue weighted by atomic mass is 9.97. The van der Waals surface area contributed by atoms with Crippen molar-refractivity contribution in [2.45, 2.75) is 12.8 Å². The summed E-state index contributed by atoms with van der Waals surface area (Å²) in [6.45, 7) is 1.15. The lowest BCUT2D eigenvalue weighted by Gasteiger charge is -2.31. The molecule has 1 fully saturated rings. The van der Waals surface area contributed by atoms with Gasteiger partial charge in [0.05, 0.1) is 18.6 Å². The number of carbonyl (C=O) groups is 2. The first kappa shape index (κ1) is 18.4. The Morgan fingerprint density at radius 3 is 2.48 bits per heavy atom. The predicted molar refractivity (Wildman–Crippen MR) is 100 cm³/mol. The van der Waals surface area contributed by atoms with Crippen LogP contribution in [-0.2, 0) is 9.53 Å². The molecule has 0 unspecified atom stereocenters. The highest BCUT2D eigenvalue weighted by Gasteiger charge is 2.26. The van der Waals surface area contributed by atoms with Gasteiger partial charge in [-0.05, 0) is 37.1 Å². The van der Waals surface area contributed by atoms with E-state index >= 15 is 0 Å². The van der Waals surface area contributed by atoms with E-state index in [4.69, 9.17) is 10.8 Å². The smallest absolute Gasteiger partial charge is 0.337 e. The highest BCUT2D eigenvalue weighted by molar-refractivity contribution is 5.90. The number of piperidine rings is 1. The molecule has 0 aliphatic carbocycles. The fourth-order valence-electron chi connectivity index (χ4n) is 3.02. The minimum Gasteiger partial charge on any atom is -0.481 e. The number of methoxy groups -OCH3 is 1. The zero-order chi connectivity index (χ0) is 19.4. The van der Waals surface area contributed by atoms with E-state index in [1.165, 1.54) is 13.4 Å². The van der Waals surface area contributed by atoms with Gasteiger partial charge in [0, 0.05) is 18.8 Å². The second kappa shape index (κ2) is 7.90. The summed E-state index contributed by atoms with van der Waals surface area (Å²) in [6.07, 6.45) is 2.52. The number of nitrogens with two attached hydrogens (primary N) is 1. The number of nitrogens with zero attached hydrogens (tertiary/aromatic N) is 3. The summed E-state index contributed by atoms with van der Waals surface area (Å²) in [4.78, 5) is 33.0. The molecule has 2 heterocycles. The quantitative estimate of drug-likeness (QED) is 0.674. The molecule has 0 saturated carbocycles. The van der Waals surface area contributed by atoms with Gasteiger partial charge >= 0.3 is 11.9 Å². The maximum Gasteiger partial charge on any atom is 0.337 e. The van der Waals surface area contributed by atoms with Crippen LogP contribution in [0.2, 0.25) is 0 Å². The molecule has 1 aromatic heterocycles. The standard InChI is InChI=1S/C18H21N5O4/c1-27-18(26)12-2-4-13(5-3-12)22-15-14(19)16(21-10-20-15)23-8-6-11(7-9-23)17(24)25/h2-5,10-11H,6-9,19H2,1H3,(H,24,25)(H,20,21,22). The Bertz CT molecular complexity index is 832. The van der Waals surface area contributed by atoms with Crippen molar-refractivity contribution < 1.29 is 19.4 Å². The highest BCUT2D eigenvalue weighted by Crippen LogP contribution is 2.31. The average Bonchev–Trinajstić information content (AvgIpc) is 2.69. The van der Waals surface area contributed by atoms with E-state index < -0.39 is 11.9 Å². The number of benzene rings is 1. The number of carbonyl (C=O) groups excluding carboxylic acids is 1. The van der Waals surface area contributed by atoms with Gasteiger partial charge in [-0.15, -0.1) is 0 Å². The third-order valence-corrected chi connectivity index (χ3v) is 4.58. The molecule has 1 aliphatic heterocycles. The molecule has 3 rings (SSSR count). The first-order valence-electron chi connectivity index (χ1n) is 8.53. The average molecular weight is 371 g/mol. The van der Waals surface area contributed by atoms with Crippen LogP contribution >= 0.6 is 0 Å². The molecule has 1 aliphatic rings. The monoisotopic (exact) mass is 371 g/mol. The van der Waals surface area contributed by atoms with Crippen molar-refractivity contribution in [3.05, 3.63) is 36.2 Å². The van der Waals surface area contributed by atoms with Crippen molar-refractivity contribution in [2.24, 2.45) is 5.92 Å². The number of aromatic nitrogens is 2. The Morgan fingerprint density at radius 2 is 1.89 bits per heavy atom. The summed E-state index contributed by atoms with van der Waals surface area (Å²) in [7, 11) is 1.33. The van der Waals surface area contributed by atoms with Crippen LogP contribution in [0.15, 0.2) is 30.6 Å². The number of aliphatic carboxylic acids is 1. The number of nitrogens with one attached hydrogen (secondary N) is 1. The van der Waals surface area contributed by atoms with E-state index in [0.29, 0.717) is 54.5 Å². The molecule has 0 radical (unpaired) electrons. The first-order valence-corrected chi connectivity index (χ1v) is 8.53. The third kappa shape index (κ3) is 4.08. The SMILES string of the molecule is COC(=O)c1ccc(Nc2ncnc(N3CCC(C(=O)O)CC3)c2N)cc1. The Kier molecular flexibility index (Phi) is 5.39. The number of carboxylic acids is 1. The molecule has 9 heteroatoms. The van der Waals surface area contributed by atoms with Crippen LogP contribution in [0.1, 0.15) is 23.2 Å². The Balaban J connectivity index is 1.73. The summed E-state index contributed by atoms with van der Waals surface area (Å²) < 4.78 is 4.68. The van der Waals surface area contributed by atoms with Gasteiger partial charge in [0.15, 0.2) is 11.6 Å². The van der Waals surface area contributed by atoms with Crippen LogP contribution < -0.4 is 16.0 Å². The second-order valence-electron chi connectivity index (χ2n) is 6.25. The Morgan fingerprint density at radius 1 is 1.22 bits per heavy atom. The molecule has 1 aromatic carbocycles. The number of hydrogen-bond acceptors (Lipinski definition) is 8. The van der Waals surface area contributed by atoms with Crippen LogP contribution in [0, 0.1) is 5.92 Å². The molecular formula is C18H21N5O4. The van der Waals surface area contributed by atoms with Gasteiger partial charge in [0.1, 0.15) is 12.0 Å². The van der Waals surface area contributed by atoms with Crippen LogP contribution in [0.5, 0.6) is 0 Å². The maximum absolute atomic E-state index is 11.5. The minimum atomic E-state index is -0.761. The van der Waals surface area contributed by atoms with Crippen LogP contribution in [0.4, 0.5) is 23.0 Å². The Labute approximate surface area is 156 Å². The van der Waals surface area contributed by atoms with Gasteiger partial charge in [-0.2, -0.15) is 0 Å². The molecule has 9 nitrogen and oxygen atoms in total. The number of anilines is 4. The maximum atomic E-state index is 11.5. The van der Waals surface area contributed by atoms with Gasteiger partial charge in [-0.3, -0.25) is 4.79 Å². The topological polar surface area (TPSA) is 131 Å². The normalized spacial score (nSPS) is 14.6. The lowest BCUT2D eigenvalue weighted by Crippen LogP contribution is -2.37. The van der Waals surface area contributed by atoms with Crippen LogP contribution in [0.25, 0.3) is 0 Å². The van der Waals surface area contributed by atoms with Gasteiger partial charge < -0.3 is 25.8 Å². The van der Waals surface area contributed by atoms with Gasteiger partial charge in [0.2, 0.25) is 0 Å². The lowest BCUT2D eigenvalue weighted by molar-refractivity contribution is -0.142. The molecular weight excluding hydrogens is 350 g/mol. The summed E-state index contributed by atoms with van der Waals surface area (Å²) in [5.74, 6) is -0.456. The largest absolute Gasteiger partial charge is 0.481 e. The number of carboxylic acid groups (broad SMARTS) is 1. The molecule has 2 aromatic rings. The summed E-state index contributed by atoms with van der Waals surface area (Å²) >= 11 is 0. The van der Waals surface area contributed by atoms with E-state index in [1.807, 2.05) is 4.90 Å². The van der Waals surface area contributed by atoms with E-state index in [2.05, 4.69) is 20.0 Å². The van der Waals surface area contributed by atoms with Crippen LogP contribution in [0.3, 0.4) is 0 Å². The summed E-state index contributed by atoms with van der Waals surface area (Å²) in [5, 5.41) is 12.2. The van der Waals surface area contributed by atoms with Crippen molar-refractivity contribution in [1.82, 2.24) is 9.97 Å². The van der Waals surface area contributed by atoms with Gasteiger partial charge in [-0.25, -0.2) is 14.8 Å². The number of esters is 1. The van der Waals surface area contributed by atoms with E-state index in [9.17, 15) is 9.59 Å². The molecule has 0 bridgehead atoms. The fourth-order valence-corrected chi connectivity index (χ4v) is 3.02. The van der Waals surface area contributed by atoms with Crippen molar-refractivity contribution in [1.29, 1.82) is 0 Å². The summed E-state index contributed by atoms with van der Waals surface area (Å²) in [6, 6.07) is 6.74. The first-order chi connectivity index (χ1) is 13.0. The molecule has 4 N–H and O–H groups in total. The number of hydrogen-bond donors (Lipinski definition) is 3. The Hall–Kier alpha value is -3.36. The minimum absolute atomic E-state index is 0.324. The number of ether oxygens (including phenoxy) is 1. The van der Waals surface area contributed by atoms with Crippen molar-refractivity contribution in [2.75, 3.05) is 36.1 Å².